The highest BCUT2D eigenvalue weighted by Gasteiger charge is 2.55. The number of hydrogen-bond acceptors (Lipinski definition) is 4. The maximum Gasteiger partial charge on any atom is 0.426 e. The van der Waals surface area contributed by atoms with Crippen LogP contribution in [0.2, 0.25) is 0 Å². The molecule has 0 amide bonds. The maximum atomic E-state index is 12.9. The average molecular weight is 343 g/mol. The maximum absolute atomic E-state index is 12.9. The van der Waals surface area contributed by atoms with Crippen LogP contribution in [0.4, 0.5) is 26.3 Å². The average Bonchev–Trinajstić information content (AvgIpc) is 2.08. The molecule has 0 aliphatic heterocycles. The van der Waals surface area contributed by atoms with E-state index < -0.39 is 44.2 Å². The molecule has 126 valence electrons. The largest absolute Gasteiger partial charge is 0.426 e. The number of alkyl halides is 6. The third-order valence-corrected chi connectivity index (χ3v) is 4.13. The minimum absolute atomic E-state index is 0.870. The summed E-state index contributed by atoms with van der Waals surface area (Å²) in [7, 11) is -4.97. The number of rotatable bonds is 6. The lowest BCUT2D eigenvalue weighted by molar-refractivity contribution is -0.134. The van der Waals surface area contributed by atoms with E-state index in [1.807, 2.05) is 0 Å². The van der Waals surface area contributed by atoms with Crippen molar-refractivity contribution in [3.05, 3.63) is 0 Å². The van der Waals surface area contributed by atoms with Crippen LogP contribution in [0.1, 0.15) is 27.7 Å². The SMILES string of the molecule is CC(C)OP(=O)(OC(C)C)C(N=CC(F)(F)F)C(F)(F)F. The Labute approximate surface area is 118 Å². The molecule has 21 heavy (non-hydrogen) atoms. The fraction of sp³-hybridized carbons (Fsp3) is 0.900. The normalized spacial score (nSPS) is 16.2. The summed E-state index contributed by atoms with van der Waals surface area (Å²) in [5.74, 6) is -3.24. The van der Waals surface area contributed by atoms with Crippen molar-refractivity contribution in [3.8, 4) is 0 Å². The smallest absolute Gasteiger partial charge is 0.304 e. The summed E-state index contributed by atoms with van der Waals surface area (Å²) >= 11 is 0. The third kappa shape index (κ3) is 7.82. The van der Waals surface area contributed by atoms with E-state index in [4.69, 9.17) is 0 Å². The highest BCUT2D eigenvalue weighted by atomic mass is 31.2. The Morgan fingerprint density at radius 2 is 1.33 bits per heavy atom. The topological polar surface area (TPSA) is 47.9 Å². The lowest BCUT2D eigenvalue weighted by atomic mass is 10.5. The van der Waals surface area contributed by atoms with Gasteiger partial charge >= 0.3 is 19.9 Å². The molecule has 4 nitrogen and oxygen atoms in total. The summed E-state index contributed by atoms with van der Waals surface area (Å²) in [4.78, 5) is 2.36. The molecule has 0 heterocycles. The van der Waals surface area contributed by atoms with E-state index in [0.29, 0.717) is 0 Å². The molecule has 0 saturated heterocycles. The fourth-order valence-corrected chi connectivity index (χ4v) is 3.27. The van der Waals surface area contributed by atoms with Gasteiger partial charge in [0.25, 0.3) is 0 Å². The molecule has 0 bridgehead atoms. The Balaban J connectivity index is 5.70. The molecule has 1 unspecified atom stereocenters. The number of hydrogen-bond donors (Lipinski definition) is 0. The summed E-state index contributed by atoms with van der Waals surface area (Å²) in [5.41, 5.74) is 0. The molecule has 0 aliphatic carbocycles. The summed E-state index contributed by atoms with van der Waals surface area (Å²) in [6, 6.07) is 0. The van der Waals surface area contributed by atoms with Crippen LogP contribution in [-0.2, 0) is 13.6 Å². The van der Waals surface area contributed by atoms with E-state index in [1.54, 1.807) is 0 Å². The zero-order chi connectivity index (χ0) is 17.1. The summed E-state index contributed by atoms with van der Waals surface area (Å²) in [6.45, 7) is 5.10. The molecular formula is C10H16F6NO3P. The van der Waals surface area contributed by atoms with Gasteiger partial charge < -0.3 is 9.05 Å². The minimum atomic E-state index is -5.32. The first kappa shape index (κ1) is 20.4. The number of nitrogens with zero attached hydrogens (tertiary/aromatic N) is 1. The van der Waals surface area contributed by atoms with Crippen LogP contribution in [0, 0.1) is 0 Å². The van der Waals surface area contributed by atoms with Crippen LogP contribution < -0.4 is 0 Å². The van der Waals surface area contributed by atoms with Crippen molar-refractivity contribution in [2.45, 2.75) is 58.0 Å². The number of aliphatic imine (C=N–C) groups is 1. The van der Waals surface area contributed by atoms with Crippen molar-refractivity contribution >= 4 is 13.8 Å². The van der Waals surface area contributed by atoms with Crippen molar-refractivity contribution in [2.24, 2.45) is 4.99 Å². The molecule has 0 N–H and O–H groups in total. The van der Waals surface area contributed by atoms with E-state index in [2.05, 4.69) is 14.0 Å². The lowest BCUT2D eigenvalue weighted by Gasteiger charge is -2.28. The van der Waals surface area contributed by atoms with Crippen LogP contribution >= 0.6 is 7.60 Å². The van der Waals surface area contributed by atoms with E-state index in [1.165, 1.54) is 27.7 Å². The Morgan fingerprint density at radius 3 is 1.57 bits per heavy atom. The second-order valence-corrected chi connectivity index (χ2v) is 6.57. The first-order valence-corrected chi connectivity index (χ1v) is 7.43. The number of halogens is 6. The second-order valence-electron chi connectivity index (χ2n) is 4.58. The van der Waals surface area contributed by atoms with Gasteiger partial charge in [0, 0.05) is 0 Å². The summed E-state index contributed by atoms with van der Waals surface area (Å²) in [5, 5.41) is 0. The van der Waals surface area contributed by atoms with E-state index in [0.717, 1.165) is 0 Å². The van der Waals surface area contributed by atoms with Crippen molar-refractivity contribution in [3.63, 3.8) is 0 Å². The minimum Gasteiger partial charge on any atom is -0.304 e. The van der Waals surface area contributed by atoms with Gasteiger partial charge in [-0.1, -0.05) is 0 Å². The molecule has 0 fully saturated rings. The molecule has 0 saturated carbocycles. The van der Waals surface area contributed by atoms with Crippen LogP contribution in [0.25, 0.3) is 0 Å². The second kappa shape index (κ2) is 7.11. The van der Waals surface area contributed by atoms with Gasteiger partial charge in [-0.05, 0) is 27.7 Å². The van der Waals surface area contributed by atoms with Crippen LogP contribution in [0.3, 0.4) is 0 Å². The Morgan fingerprint density at radius 1 is 0.952 bits per heavy atom. The molecule has 0 radical (unpaired) electrons. The molecule has 0 aromatic rings. The van der Waals surface area contributed by atoms with Crippen LogP contribution in [0.15, 0.2) is 4.99 Å². The van der Waals surface area contributed by atoms with Gasteiger partial charge in [0.1, 0.15) is 6.21 Å². The highest BCUT2D eigenvalue weighted by molar-refractivity contribution is 7.54. The Bertz CT molecular complexity index is 391. The predicted molar refractivity (Wildman–Crippen MR) is 64.4 cm³/mol. The van der Waals surface area contributed by atoms with Gasteiger partial charge in [0.05, 0.1) is 12.2 Å². The van der Waals surface area contributed by atoms with Crippen molar-refractivity contribution in [1.29, 1.82) is 0 Å². The first-order valence-electron chi connectivity index (χ1n) is 5.81. The van der Waals surface area contributed by atoms with Crippen molar-refractivity contribution in [2.75, 3.05) is 0 Å². The highest BCUT2D eigenvalue weighted by Crippen LogP contribution is 2.60. The van der Waals surface area contributed by atoms with Gasteiger partial charge in [0.2, 0.25) is 5.78 Å². The van der Waals surface area contributed by atoms with Gasteiger partial charge in [-0.2, -0.15) is 26.3 Å². The molecule has 0 aliphatic rings. The lowest BCUT2D eigenvalue weighted by Crippen LogP contribution is -2.31. The Hall–Kier alpha value is -0.600. The molecule has 0 rings (SSSR count). The Kier molecular flexibility index (Phi) is 6.90. The van der Waals surface area contributed by atoms with Gasteiger partial charge in [-0.3, -0.25) is 9.56 Å². The fourth-order valence-electron chi connectivity index (χ4n) is 1.23. The zero-order valence-electron chi connectivity index (χ0n) is 11.7. The van der Waals surface area contributed by atoms with Gasteiger partial charge in [0.15, 0.2) is 0 Å². The molecule has 0 aromatic heterocycles. The van der Waals surface area contributed by atoms with Crippen LogP contribution in [0.5, 0.6) is 0 Å². The van der Waals surface area contributed by atoms with E-state index in [9.17, 15) is 30.9 Å². The monoisotopic (exact) mass is 343 g/mol. The molecule has 0 spiro atoms. The first-order chi connectivity index (χ1) is 9.17. The third-order valence-electron chi connectivity index (χ3n) is 1.67. The standard InChI is InChI=1S/C10H16F6NO3P/c1-6(2)19-21(18,20-7(3)4)8(10(14,15)16)17-5-9(11,12)13/h5-8H,1-4H3. The van der Waals surface area contributed by atoms with Crippen molar-refractivity contribution in [1.82, 2.24) is 0 Å². The zero-order valence-corrected chi connectivity index (χ0v) is 12.6. The van der Waals surface area contributed by atoms with Crippen molar-refractivity contribution < 1.29 is 40.0 Å². The van der Waals surface area contributed by atoms with Crippen LogP contribution in [-0.4, -0.2) is 36.6 Å². The van der Waals surface area contributed by atoms with Gasteiger partial charge in [-0.15, -0.1) is 0 Å². The van der Waals surface area contributed by atoms with E-state index in [-0.39, 0.29) is 0 Å². The quantitative estimate of drug-likeness (QED) is 0.404. The predicted octanol–water partition coefficient (Wildman–Crippen LogP) is 4.55. The molecule has 0 aromatic carbocycles. The summed E-state index contributed by atoms with van der Waals surface area (Å²) < 4.78 is 96.2. The molecular weight excluding hydrogens is 327 g/mol. The summed E-state index contributed by atoms with van der Waals surface area (Å²) in [6.07, 6.45) is -13.2. The molecule has 11 heteroatoms. The molecule has 1 atom stereocenters. The van der Waals surface area contributed by atoms with E-state index >= 15 is 0 Å². The van der Waals surface area contributed by atoms with Gasteiger partial charge in [-0.25, -0.2) is 0 Å².